The van der Waals surface area contributed by atoms with E-state index in [0.29, 0.717) is 18.2 Å². The molecule has 0 amide bonds. The first-order valence-electron chi connectivity index (χ1n) is 8.59. The van der Waals surface area contributed by atoms with E-state index in [2.05, 4.69) is 35.0 Å². The van der Waals surface area contributed by atoms with E-state index in [4.69, 9.17) is 15.9 Å². The van der Waals surface area contributed by atoms with Crippen molar-refractivity contribution in [2.75, 3.05) is 12.3 Å². The second-order valence-corrected chi connectivity index (χ2v) is 7.14. The zero-order valence-electron chi connectivity index (χ0n) is 14.5. The normalized spacial score (nSPS) is 14.5. The number of nitrogens with two attached hydrogens (primary N) is 1. The Balaban J connectivity index is 0.000000260. The van der Waals surface area contributed by atoms with Crippen LogP contribution in [0.3, 0.4) is 0 Å². The van der Waals surface area contributed by atoms with Gasteiger partial charge in [-0.3, -0.25) is 0 Å². The number of thioether (sulfide) groups is 1. The summed E-state index contributed by atoms with van der Waals surface area (Å²) >= 11 is 1.88. The predicted octanol–water partition coefficient (Wildman–Crippen LogP) is 3.52. The first-order valence-corrected chi connectivity index (χ1v) is 9.58. The SMILES string of the molecule is NCCSc1cn(C2CCCC2)c2ccccc12.O=C(O)C=CC(=O)O. The smallest absolute Gasteiger partial charge is 0.328 e. The molecule has 1 aromatic heterocycles. The minimum atomic E-state index is -1.26. The second kappa shape index (κ2) is 10.0. The molecule has 7 heteroatoms. The molecule has 1 aromatic carbocycles. The van der Waals surface area contributed by atoms with Crippen LogP contribution >= 0.6 is 11.8 Å². The number of fused-ring (bicyclic) bond motifs is 1. The Morgan fingerprint density at radius 1 is 1.15 bits per heavy atom. The Hall–Kier alpha value is -2.25. The van der Waals surface area contributed by atoms with Gasteiger partial charge in [-0.25, -0.2) is 9.59 Å². The molecule has 1 aliphatic rings. The maximum Gasteiger partial charge on any atom is 0.328 e. The minimum Gasteiger partial charge on any atom is -0.478 e. The quantitative estimate of drug-likeness (QED) is 0.526. The van der Waals surface area contributed by atoms with E-state index in [9.17, 15) is 9.59 Å². The lowest BCUT2D eigenvalue weighted by atomic mass is 10.2. The van der Waals surface area contributed by atoms with Crippen molar-refractivity contribution in [3.8, 4) is 0 Å². The molecule has 0 saturated heterocycles. The van der Waals surface area contributed by atoms with Crippen molar-refractivity contribution in [3.05, 3.63) is 42.6 Å². The van der Waals surface area contributed by atoms with Gasteiger partial charge in [-0.15, -0.1) is 11.8 Å². The van der Waals surface area contributed by atoms with Gasteiger partial charge < -0.3 is 20.5 Å². The van der Waals surface area contributed by atoms with E-state index >= 15 is 0 Å². The average Bonchev–Trinajstić information content (AvgIpc) is 3.26. The van der Waals surface area contributed by atoms with Crippen molar-refractivity contribution >= 4 is 34.6 Å². The van der Waals surface area contributed by atoms with Gasteiger partial charge in [0, 0.05) is 52.5 Å². The molecule has 2 aromatic rings. The van der Waals surface area contributed by atoms with Gasteiger partial charge in [-0.2, -0.15) is 0 Å². The highest BCUT2D eigenvalue weighted by Gasteiger charge is 2.19. The van der Waals surface area contributed by atoms with E-state index in [0.717, 1.165) is 12.3 Å². The largest absolute Gasteiger partial charge is 0.478 e. The van der Waals surface area contributed by atoms with Crippen LogP contribution in [0.4, 0.5) is 0 Å². The van der Waals surface area contributed by atoms with Crippen molar-refractivity contribution in [2.45, 2.75) is 36.6 Å². The van der Waals surface area contributed by atoms with Gasteiger partial charge >= 0.3 is 11.9 Å². The highest BCUT2D eigenvalue weighted by Crippen LogP contribution is 2.37. The molecule has 0 aliphatic heterocycles. The molecule has 0 spiro atoms. The zero-order chi connectivity index (χ0) is 18.9. The van der Waals surface area contributed by atoms with E-state index in [1.807, 2.05) is 11.8 Å². The molecule has 1 fully saturated rings. The standard InChI is InChI=1S/C15H20N2S.C4H4O4/c16-9-10-18-15-11-17(12-5-1-2-6-12)14-8-4-3-7-13(14)15;5-3(6)1-2-4(7)8/h3-4,7-8,11-12H,1-2,5-6,9-10,16H2;1-2H,(H,5,6)(H,7,8). The molecule has 140 valence electrons. The van der Waals surface area contributed by atoms with Gasteiger partial charge in [0.25, 0.3) is 0 Å². The van der Waals surface area contributed by atoms with Crippen LogP contribution in [-0.4, -0.2) is 39.0 Å². The Labute approximate surface area is 156 Å². The molecule has 26 heavy (non-hydrogen) atoms. The number of carboxylic acids is 2. The van der Waals surface area contributed by atoms with E-state index < -0.39 is 11.9 Å². The topological polar surface area (TPSA) is 106 Å². The van der Waals surface area contributed by atoms with E-state index in [-0.39, 0.29) is 0 Å². The monoisotopic (exact) mass is 376 g/mol. The molecule has 0 radical (unpaired) electrons. The molecule has 0 atom stereocenters. The Morgan fingerprint density at radius 2 is 1.77 bits per heavy atom. The summed E-state index contributed by atoms with van der Waals surface area (Å²) in [4.78, 5) is 20.5. The maximum atomic E-state index is 9.55. The number of para-hydroxylation sites is 1. The molecule has 4 N–H and O–H groups in total. The van der Waals surface area contributed by atoms with Crippen molar-refractivity contribution in [3.63, 3.8) is 0 Å². The van der Waals surface area contributed by atoms with Gasteiger partial charge in [0.15, 0.2) is 0 Å². The van der Waals surface area contributed by atoms with Crippen LogP contribution in [0, 0.1) is 0 Å². The Kier molecular flexibility index (Phi) is 7.74. The summed E-state index contributed by atoms with van der Waals surface area (Å²) in [5.41, 5.74) is 7.01. The van der Waals surface area contributed by atoms with Crippen LogP contribution in [0.2, 0.25) is 0 Å². The van der Waals surface area contributed by atoms with Crippen LogP contribution in [0.25, 0.3) is 10.9 Å². The number of carbonyl (C=O) groups is 2. The van der Waals surface area contributed by atoms with Gasteiger partial charge in [0.05, 0.1) is 0 Å². The number of aromatic nitrogens is 1. The van der Waals surface area contributed by atoms with Gasteiger partial charge in [-0.1, -0.05) is 31.0 Å². The van der Waals surface area contributed by atoms with Crippen LogP contribution in [-0.2, 0) is 9.59 Å². The molecular formula is C19H24N2O4S. The lowest BCUT2D eigenvalue weighted by molar-refractivity contribution is -0.134. The number of carboxylic acid groups (broad SMARTS) is 2. The van der Waals surface area contributed by atoms with Crippen molar-refractivity contribution < 1.29 is 19.8 Å². The summed E-state index contributed by atoms with van der Waals surface area (Å²) in [6, 6.07) is 9.47. The summed E-state index contributed by atoms with van der Waals surface area (Å²) < 4.78 is 2.50. The van der Waals surface area contributed by atoms with Gasteiger partial charge in [0.1, 0.15) is 0 Å². The molecule has 1 heterocycles. The zero-order valence-corrected chi connectivity index (χ0v) is 15.3. The predicted molar refractivity (Wildman–Crippen MR) is 104 cm³/mol. The molecule has 0 bridgehead atoms. The number of nitrogens with zero attached hydrogens (tertiary/aromatic N) is 1. The molecule has 1 aliphatic carbocycles. The molecule has 0 unspecified atom stereocenters. The number of hydrogen-bond donors (Lipinski definition) is 3. The number of hydrogen-bond acceptors (Lipinski definition) is 4. The van der Waals surface area contributed by atoms with Crippen molar-refractivity contribution in [1.29, 1.82) is 0 Å². The summed E-state index contributed by atoms with van der Waals surface area (Å²) in [5.74, 6) is -1.52. The summed E-state index contributed by atoms with van der Waals surface area (Å²) in [6.45, 7) is 0.744. The fourth-order valence-electron chi connectivity index (χ4n) is 3.08. The fraction of sp³-hybridized carbons (Fsp3) is 0.368. The van der Waals surface area contributed by atoms with Gasteiger partial charge in [0.2, 0.25) is 0 Å². The third-order valence-electron chi connectivity index (χ3n) is 4.17. The summed E-state index contributed by atoms with van der Waals surface area (Å²) in [7, 11) is 0. The van der Waals surface area contributed by atoms with Crippen LogP contribution < -0.4 is 5.73 Å². The number of aliphatic carboxylic acids is 2. The third-order valence-corrected chi connectivity index (χ3v) is 5.24. The molecule has 1 saturated carbocycles. The lowest BCUT2D eigenvalue weighted by Crippen LogP contribution is -2.02. The molecule has 3 rings (SSSR count). The lowest BCUT2D eigenvalue weighted by Gasteiger charge is -2.12. The number of rotatable bonds is 6. The van der Waals surface area contributed by atoms with Crippen molar-refractivity contribution in [2.24, 2.45) is 5.73 Å². The first kappa shape index (κ1) is 20.1. The average molecular weight is 376 g/mol. The van der Waals surface area contributed by atoms with Crippen LogP contribution in [0.15, 0.2) is 47.5 Å². The first-order chi connectivity index (χ1) is 12.5. The molecular weight excluding hydrogens is 352 g/mol. The number of benzene rings is 1. The highest BCUT2D eigenvalue weighted by molar-refractivity contribution is 7.99. The van der Waals surface area contributed by atoms with E-state index in [1.54, 1.807) is 0 Å². The van der Waals surface area contributed by atoms with Gasteiger partial charge in [-0.05, 0) is 18.9 Å². The third kappa shape index (κ3) is 5.64. The second-order valence-electron chi connectivity index (χ2n) is 6.00. The molecule has 6 nitrogen and oxygen atoms in total. The highest BCUT2D eigenvalue weighted by atomic mass is 32.2. The van der Waals surface area contributed by atoms with Crippen LogP contribution in [0.5, 0.6) is 0 Å². The summed E-state index contributed by atoms with van der Waals surface area (Å²) in [5, 5.41) is 17.0. The Morgan fingerprint density at radius 3 is 2.35 bits per heavy atom. The maximum absolute atomic E-state index is 9.55. The fourth-order valence-corrected chi connectivity index (χ4v) is 3.94. The van der Waals surface area contributed by atoms with Crippen molar-refractivity contribution in [1.82, 2.24) is 4.57 Å². The Bertz CT molecular complexity index is 763. The van der Waals surface area contributed by atoms with E-state index in [1.165, 1.54) is 41.5 Å². The summed E-state index contributed by atoms with van der Waals surface area (Å²) in [6.07, 6.45) is 8.88. The van der Waals surface area contributed by atoms with Crippen LogP contribution in [0.1, 0.15) is 31.7 Å². The minimum absolute atomic E-state index is 0.558.